The normalized spacial score (nSPS) is 15.9. The van der Waals surface area contributed by atoms with Crippen molar-refractivity contribution in [2.24, 2.45) is 0 Å². The average molecular weight is 402 g/mol. The molecule has 156 valence electrons. The second-order valence-corrected chi connectivity index (χ2v) is 6.68. The smallest absolute Gasteiger partial charge is 0.422 e. The number of anilines is 1. The van der Waals surface area contributed by atoms with E-state index in [4.69, 9.17) is 0 Å². The van der Waals surface area contributed by atoms with Crippen molar-refractivity contribution in [1.29, 1.82) is 0 Å². The fraction of sp³-hybridized carbons (Fsp3) is 0.556. The quantitative estimate of drug-likeness (QED) is 0.726. The molecule has 28 heavy (non-hydrogen) atoms. The molecule has 0 bridgehead atoms. The number of nitrogens with zero attached hydrogens (tertiary/aromatic N) is 2. The minimum Gasteiger partial charge on any atom is -0.440 e. The third-order valence-corrected chi connectivity index (χ3v) is 4.31. The molecule has 2 amide bonds. The number of alkyl carbamates (subject to hydrolysis) is 1. The number of alkyl halides is 3. The third kappa shape index (κ3) is 8.57. The number of ether oxygens (including phenoxy) is 1. The maximum absolute atomic E-state index is 11.9. The fourth-order valence-electron chi connectivity index (χ4n) is 2.67. The Morgan fingerprint density at radius 3 is 2.36 bits per heavy atom. The van der Waals surface area contributed by atoms with Crippen molar-refractivity contribution in [3.8, 4) is 0 Å². The van der Waals surface area contributed by atoms with Crippen LogP contribution in [0.5, 0.6) is 0 Å². The molecule has 1 heterocycles. The maximum atomic E-state index is 11.9. The predicted molar refractivity (Wildman–Crippen MR) is 98.1 cm³/mol. The van der Waals surface area contributed by atoms with Crippen molar-refractivity contribution < 1.29 is 27.5 Å². The molecule has 10 heteroatoms. The summed E-state index contributed by atoms with van der Waals surface area (Å²) in [5, 5.41) is 4.52. The lowest BCUT2D eigenvalue weighted by molar-refractivity contribution is -0.160. The second kappa shape index (κ2) is 10.3. The summed E-state index contributed by atoms with van der Waals surface area (Å²) < 4.78 is 39.7. The van der Waals surface area contributed by atoms with Crippen LogP contribution >= 0.6 is 0 Å². The van der Waals surface area contributed by atoms with Crippen molar-refractivity contribution in [3.05, 3.63) is 29.8 Å². The summed E-state index contributed by atoms with van der Waals surface area (Å²) in [6.45, 7) is 3.05. The number of piperazine rings is 1. The van der Waals surface area contributed by atoms with Crippen molar-refractivity contribution in [2.75, 3.05) is 58.2 Å². The summed E-state index contributed by atoms with van der Waals surface area (Å²) in [4.78, 5) is 27.6. The molecule has 0 aliphatic carbocycles. The highest BCUT2D eigenvalue weighted by atomic mass is 19.4. The number of nitrogens with one attached hydrogen (secondary N) is 2. The molecule has 0 unspecified atom stereocenters. The number of hydrogen-bond donors (Lipinski definition) is 2. The van der Waals surface area contributed by atoms with Gasteiger partial charge in [-0.15, -0.1) is 0 Å². The van der Waals surface area contributed by atoms with E-state index < -0.39 is 31.3 Å². The maximum Gasteiger partial charge on any atom is 0.422 e. The molecule has 1 aromatic rings. The van der Waals surface area contributed by atoms with E-state index in [2.05, 4.69) is 26.9 Å². The Hall–Kier alpha value is -2.33. The fourth-order valence-corrected chi connectivity index (χ4v) is 2.67. The minimum atomic E-state index is -4.61. The number of carbonyl (C=O) groups is 2. The van der Waals surface area contributed by atoms with Gasteiger partial charge in [-0.3, -0.25) is 4.79 Å². The predicted octanol–water partition coefficient (Wildman–Crippen LogP) is 1.70. The minimum absolute atomic E-state index is 0.484. The summed E-state index contributed by atoms with van der Waals surface area (Å²) in [6.07, 6.45) is -5.00. The van der Waals surface area contributed by atoms with Crippen molar-refractivity contribution >= 4 is 17.7 Å². The summed E-state index contributed by atoms with van der Waals surface area (Å²) in [5.74, 6) is -0.561. The van der Waals surface area contributed by atoms with Crippen LogP contribution in [-0.4, -0.2) is 80.9 Å². The van der Waals surface area contributed by atoms with Gasteiger partial charge in [-0.25, -0.2) is 4.79 Å². The first kappa shape index (κ1) is 22.0. The topological polar surface area (TPSA) is 73.9 Å². The SMILES string of the molecule is CN1CCN(CCc2ccc(NC(=O)CNC(=O)OCC(F)(F)F)cc2)CC1. The number of rotatable bonds is 7. The van der Waals surface area contributed by atoms with E-state index in [1.807, 2.05) is 17.4 Å². The molecule has 0 radical (unpaired) electrons. The zero-order valence-corrected chi connectivity index (χ0v) is 15.7. The summed E-state index contributed by atoms with van der Waals surface area (Å²) in [5.41, 5.74) is 1.68. The highest BCUT2D eigenvalue weighted by Crippen LogP contribution is 2.14. The third-order valence-electron chi connectivity index (χ3n) is 4.31. The standard InChI is InChI=1S/C18H25F3N4O3/c1-24-8-10-25(11-9-24)7-6-14-2-4-15(5-3-14)23-16(26)12-22-17(27)28-13-18(19,20)21/h2-5H,6-13H2,1H3,(H,22,27)(H,23,26). The van der Waals surface area contributed by atoms with Crippen molar-refractivity contribution in [1.82, 2.24) is 15.1 Å². The van der Waals surface area contributed by atoms with Gasteiger partial charge in [0.05, 0.1) is 0 Å². The van der Waals surface area contributed by atoms with Crippen LogP contribution in [0, 0.1) is 0 Å². The van der Waals surface area contributed by atoms with E-state index in [0.29, 0.717) is 5.69 Å². The number of likely N-dealkylation sites (N-methyl/N-ethyl adjacent to an activating group) is 1. The van der Waals surface area contributed by atoms with E-state index in [1.54, 1.807) is 12.1 Å². The summed E-state index contributed by atoms with van der Waals surface area (Å²) in [6, 6.07) is 7.33. The number of halogens is 3. The van der Waals surface area contributed by atoms with E-state index in [9.17, 15) is 22.8 Å². The molecule has 2 rings (SSSR count). The number of amides is 2. The zero-order chi connectivity index (χ0) is 20.6. The van der Waals surface area contributed by atoms with Gasteiger partial charge in [0.2, 0.25) is 5.91 Å². The Morgan fingerprint density at radius 1 is 1.11 bits per heavy atom. The van der Waals surface area contributed by atoms with Crippen LogP contribution < -0.4 is 10.6 Å². The lowest BCUT2D eigenvalue weighted by Gasteiger charge is -2.32. The van der Waals surface area contributed by atoms with Crippen LogP contribution in [0.2, 0.25) is 0 Å². The largest absolute Gasteiger partial charge is 0.440 e. The average Bonchev–Trinajstić information content (AvgIpc) is 2.65. The van der Waals surface area contributed by atoms with E-state index >= 15 is 0 Å². The molecule has 0 aromatic heterocycles. The molecule has 1 aliphatic heterocycles. The zero-order valence-electron chi connectivity index (χ0n) is 15.7. The number of carbonyl (C=O) groups excluding carboxylic acids is 2. The first-order chi connectivity index (χ1) is 13.2. The van der Waals surface area contributed by atoms with Crippen LogP contribution in [0.4, 0.5) is 23.7 Å². The highest BCUT2D eigenvalue weighted by Gasteiger charge is 2.29. The first-order valence-corrected chi connectivity index (χ1v) is 8.98. The van der Waals surface area contributed by atoms with Crippen LogP contribution in [0.25, 0.3) is 0 Å². The molecule has 1 aromatic carbocycles. The van der Waals surface area contributed by atoms with Gasteiger partial charge < -0.3 is 25.2 Å². The first-order valence-electron chi connectivity index (χ1n) is 8.98. The van der Waals surface area contributed by atoms with Crippen LogP contribution in [0.3, 0.4) is 0 Å². The Morgan fingerprint density at radius 2 is 1.75 bits per heavy atom. The Labute approximate surface area is 161 Å². The highest BCUT2D eigenvalue weighted by molar-refractivity contribution is 5.93. The Bertz CT molecular complexity index is 644. The van der Waals surface area contributed by atoms with Crippen molar-refractivity contribution in [2.45, 2.75) is 12.6 Å². The van der Waals surface area contributed by atoms with Gasteiger partial charge in [-0.2, -0.15) is 13.2 Å². The Kier molecular flexibility index (Phi) is 8.06. The second-order valence-electron chi connectivity index (χ2n) is 6.68. The van der Waals surface area contributed by atoms with Gasteiger partial charge in [-0.05, 0) is 31.2 Å². The molecule has 0 spiro atoms. The molecule has 0 saturated carbocycles. The van der Waals surface area contributed by atoms with Gasteiger partial charge in [-0.1, -0.05) is 12.1 Å². The van der Waals surface area contributed by atoms with Gasteiger partial charge in [0.15, 0.2) is 6.61 Å². The lowest BCUT2D eigenvalue weighted by Crippen LogP contribution is -2.45. The molecule has 7 nitrogen and oxygen atoms in total. The lowest BCUT2D eigenvalue weighted by atomic mass is 10.1. The van der Waals surface area contributed by atoms with E-state index in [0.717, 1.165) is 44.7 Å². The van der Waals surface area contributed by atoms with Gasteiger partial charge in [0, 0.05) is 38.4 Å². The van der Waals surface area contributed by atoms with Gasteiger partial charge >= 0.3 is 12.3 Å². The van der Waals surface area contributed by atoms with Crippen LogP contribution in [0.15, 0.2) is 24.3 Å². The van der Waals surface area contributed by atoms with E-state index in [-0.39, 0.29) is 0 Å². The van der Waals surface area contributed by atoms with E-state index in [1.165, 1.54) is 0 Å². The molecular weight excluding hydrogens is 377 g/mol. The molecular formula is C18H25F3N4O3. The van der Waals surface area contributed by atoms with Gasteiger partial charge in [0.25, 0.3) is 0 Å². The molecule has 0 atom stereocenters. The monoisotopic (exact) mass is 402 g/mol. The summed E-state index contributed by atoms with van der Waals surface area (Å²) in [7, 11) is 2.12. The number of hydrogen-bond acceptors (Lipinski definition) is 5. The van der Waals surface area contributed by atoms with Crippen LogP contribution in [0.1, 0.15) is 5.56 Å². The van der Waals surface area contributed by atoms with Gasteiger partial charge in [0.1, 0.15) is 6.54 Å². The summed E-state index contributed by atoms with van der Waals surface area (Å²) >= 11 is 0. The van der Waals surface area contributed by atoms with Crippen molar-refractivity contribution in [3.63, 3.8) is 0 Å². The molecule has 2 N–H and O–H groups in total. The molecule has 1 aliphatic rings. The Balaban J connectivity index is 1.67. The molecule has 1 fully saturated rings. The molecule has 1 saturated heterocycles. The number of benzene rings is 1. The van der Waals surface area contributed by atoms with Crippen LogP contribution in [-0.2, 0) is 16.0 Å².